The number of hydrogen-bond acceptors (Lipinski definition) is 8. The predicted octanol–water partition coefficient (Wildman–Crippen LogP) is 4.48. The number of carbonyl (C=O) groups is 1. The first-order valence-electron chi connectivity index (χ1n) is 10.9. The Balaban J connectivity index is 1.51. The van der Waals surface area contributed by atoms with E-state index in [-0.39, 0.29) is 36.3 Å². The van der Waals surface area contributed by atoms with E-state index >= 15 is 0 Å². The quantitative estimate of drug-likeness (QED) is 0.516. The maximum atomic E-state index is 12.5. The molecule has 1 aliphatic rings. The second kappa shape index (κ2) is 9.39. The maximum absolute atomic E-state index is 12.5. The first-order valence-corrected chi connectivity index (χ1v) is 10.9. The van der Waals surface area contributed by atoms with Gasteiger partial charge in [0.05, 0.1) is 24.1 Å². The van der Waals surface area contributed by atoms with E-state index in [1.165, 1.54) is 24.0 Å². The molecule has 0 bridgehead atoms. The van der Waals surface area contributed by atoms with Crippen LogP contribution in [0.2, 0.25) is 0 Å². The average Bonchev–Trinajstić information content (AvgIpc) is 3.41. The number of benzene rings is 1. The number of anilines is 2. The summed E-state index contributed by atoms with van der Waals surface area (Å²) in [5, 5.41) is 3.16. The number of ether oxygens (including phenoxy) is 2. The van der Waals surface area contributed by atoms with Gasteiger partial charge in [0.15, 0.2) is 0 Å². The molecule has 1 fully saturated rings. The van der Waals surface area contributed by atoms with Gasteiger partial charge in [-0.05, 0) is 51.0 Å². The van der Waals surface area contributed by atoms with Crippen molar-refractivity contribution in [2.24, 2.45) is 0 Å². The number of nitrogens with zero attached hydrogens (tertiary/aromatic N) is 6. The van der Waals surface area contributed by atoms with Gasteiger partial charge in [0.1, 0.15) is 18.2 Å². The van der Waals surface area contributed by atoms with Crippen LogP contribution in [0.3, 0.4) is 0 Å². The van der Waals surface area contributed by atoms with Crippen molar-refractivity contribution in [2.75, 3.05) is 16.8 Å². The summed E-state index contributed by atoms with van der Waals surface area (Å²) in [6.45, 7) is 7.32. The van der Waals surface area contributed by atoms with E-state index in [9.17, 15) is 18.0 Å². The van der Waals surface area contributed by atoms with Crippen molar-refractivity contribution < 1.29 is 27.4 Å². The highest BCUT2D eigenvalue weighted by atomic mass is 19.4. The van der Waals surface area contributed by atoms with E-state index in [1.54, 1.807) is 30.1 Å². The monoisotopic (exact) mass is 491 g/mol. The van der Waals surface area contributed by atoms with Crippen LogP contribution in [0, 0.1) is 13.8 Å². The number of halogens is 3. The second-order valence-electron chi connectivity index (χ2n) is 8.08. The van der Waals surface area contributed by atoms with Gasteiger partial charge in [-0.25, -0.2) is 14.7 Å². The zero-order valence-corrected chi connectivity index (χ0v) is 19.5. The highest BCUT2D eigenvalue weighted by Crippen LogP contribution is 2.28. The standard InChI is InChI=1S/C22H24F3N7O3/c1-5-15-10-34-21(33)32(15)20-29-14(4)28-19(30-20)27-13(3)17-9-31(11-26-17)16-6-7-18(12(2)8-16)35-22(23,24)25/h6-9,11,13,15H,5,10H2,1-4H3,(H,27,28,29,30)/t13-,15-/m0/s1. The van der Waals surface area contributed by atoms with Gasteiger partial charge in [-0.1, -0.05) is 6.92 Å². The van der Waals surface area contributed by atoms with Gasteiger partial charge in [0, 0.05) is 11.9 Å². The summed E-state index contributed by atoms with van der Waals surface area (Å²) in [7, 11) is 0. The molecule has 13 heteroatoms. The second-order valence-corrected chi connectivity index (χ2v) is 8.08. The smallest absolute Gasteiger partial charge is 0.447 e. The van der Waals surface area contributed by atoms with E-state index in [4.69, 9.17) is 4.74 Å². The molecule has 4 rings (SSSR count). The number of aryl methyl sites for hydroxylation is 2. The fourth-order valence-corrected chi connectivity index (χ4v) is 3.65. The Morgan fingerprint density at radius 1 is 1.26 bits per heavy atom. The van der Waals surface area contributed by atoms with Crippen LogP contribution >= 0.6 is 0 Å². The Kier molecular flexibility index (Phi) is 6.50. The summed E-state index contributed by atoms with van der Waals surface area (Å²) in [5.41, 5.74) is 1.60. The molecule has 0 aliphatic carbocycles. The summed E-state index contributed by atoms with van der Waals surface area (Å²) < 4.78 is 48.4. The van der Waals surface area contributed by atoms with E-state index in [2.05, 4.69) is 30.0 Å². The van der Waals surface area contributed by atoms with Gasteiger partial charge in [-0.2, -0.15) is 15.0 Å². The molecule has 1 saturated heterocycles. The lowest BCUT2D eigenvalue weighted by atomic mass is 10.2. The van der Waals surface area contributed by atoms with Crippen molar-refractivity contribution in [1.82, 2.24) is 24.5 Å². The zero-order valence-electron chi connectivity index (χ0n) is 19.5. The minimum absolute atomic E-state index is 0.151. The fourth-order valence-electron chi connectivity index (χ4n) is 3.65. The van der Waals surface area contributed by atoms with Gasteiger partial charge in [-0.3, -0.25) is 0 Å². The number of amides is 1. The van der Waals surface area contributed by atoms with Crippen molar-refractivity contribution in [3.05, 3.63) is 47.8 Å². The lowest BCUT2D eigenvalue weighted by molar-refractivity contribution is -0.274. The number of aromatic nitrogens is 5. The maximum Gasteiger partial charge on any atom is 0.573 e. The van der Waals surface area contributed by atoms with Gasteiger partial charge in [0.2, 0.25) is 11.9 Å². The summed E-state index contributed by atoms with van der Waals surface area (Å²) in [6, 6.07) is 3.87. The minimum atomic E-state index is -4.75. The summed E-state index contributed by atoms with van der Waals surface area (Å²) in [5.74, 6) is 0.656. The predicted molar refractivity (Wildman–Crippen MR) is 119 cm³/mol. The molecule has 1 N–H and O–H groups in total. The summed E-state index contributed by atoms with van der Waals surface area (Å²) >= 11 is 0. The SMILES string of the molecule is CC[C@H]1COC(=O)N1c1nc(C)nc(N[C@@H](C)c2cn(-c3ccc(OC(F)(F)F)c(C)c3)cn2)n1. The number of imidazole rings is 1. The molecule has 186 valence electrons. The van der Waals surface area contributed by atoms with E-state index < -0.39 is 12.5 Å². The molecule has 0 unspecified atom stereocenters. The number of nitrogens with one attached hydrogen (secondary N) is 1. The van der Waals surface area contributed by atoms with Crippen LogP contribution in [-0.2, 0) is 4.74 Å². The molecule has 0 radical (unpaired) electrons. The molecular weight excluding hydrogens is 467 g/mol. The topological polar surface area (TPSA) is 107 Å². The lowest BCUT2D eigenvalue weighted by Gasteiger charge is -2.19. The summed E-state index contributed by atoms with van der Waals surface area (Å²) in [4.78, 5) is 31.0. The molecule has 1 amide bonds. The molecule has 3 aromatic rings. The molecule has 1 aromatic carbocycles. The molecule has 10 nitrogen and oxygen atoms in total. The van der Waals surface area contributed by atoms with Crippen LogP contribution in [-0.4, -0.2) is 49.6 Å². The van der Waals surface area contributed by atoms with Crippen LogP contribution < -0.4 is 15.0 Å². The van der Waals surface area contributed by atoms with Crippen molar-refractivity contribution in [3.63, 3.8) is 0 Å². The molecule has 1 aliphatic heterocycles. The Bertz CT molecular complexity index is 1230. The van der Waals surface area contributed by atoms with Gasteiger partial charge < -0.3 is 19.4 Å². The lowest BCUT2D eigenvalue weighted by Crippen LogP contribution is -2.34. The fraction of sp³-hybridized carbons (Fsp3) is 0.409. The van der Waals surface area contributed by atoms with Crippen molar-refractivity contribution >= 4 is 18.0 Å². The molecule has 2 aromatic heterocycles. The third-order valence-corrected chi connectivity index (χ3v) is 5.46. The number of carbonyl (C=O) groups excluding carboxylic acids is 1. The largest absolute Gasteiger partial charge is 0.573 e. The number of cyclic esters (lactones) is 1. The first-order chi connectivity index (χ1) is 16.5. The third-order valence-electron chi connectivity index (χ3n) is 5.46. The van der Waals surface area contributed by atoms with Crippen LogP contribution in [0.4, 0.5) is 29.9 Å². The Morgan fingerprint density at radius 3 is 2.71 bits per heavy atom. The number of alkyl halides is 3. The molecule has 0 saturated carbocycles. The van der Waals surface area contributed by atoms with E-state index in [1.807, 2.05) is 13.8 Å². The molecule has 0 spiro atoms. The van der Waals surface area contributed by atoms with Gasteiger partial charge >= 0.3 is 12.5 Å². The van der Waals surface area contributed by atoms with Crippen molar-refractivity contribution in [2.45, 2.75) is 52.6 Å². The van der Waals surface area contributed by atoms with Crippen LogP contribution in [0.25, 0.3) is 5.69 Å². The normalized spacial score (nSPS) is 16.8. The molecular formula is C22H24F3N7O3. The highest BCUT2D eigenvalue weighted by molar-refractivity contribution is 5.88. The minimum Gasteiger partial charge on any atom is -0.447 e. The molecule has 3 heterocycles. The van der Waals surface area contributed by atoms with Crippen molar-refractivity contribution in [3.8, 4) is 11.4 Å². The van der Waals surface area contributed by atoms with Crippen LogP contribution in [0.1, 0.15) is 43.4 Å². The average molecular weight is 491 g/mol. The van der Waals surface area contributed by atoms with E-state index in [0.29, 0.717) is 29.2 Å². The highest BCUT2D eigenvalue weighted by Gasteiger charge is 2.35. The zero-order chi connectivity index (χ0) is 25.3. The van der Waals surface area contributed by atoms with E-state index in [0.717, 1.165) is 0 Å². The molecule has 2 atom stereocenters. The Morgan fingerprint density at radius 2 is 2.03 bits per heavy atom. The van der Waals surface area contributed by atoms with Crippen molar-refractivity contribution in [1.29, 1.82) is 0 Å². The third kappa shape index (κ3) is 5.44. The first kappa shape index (κ1) is 24.2. The van der Waals surface area contributed by atoms with Crippen LogP contribution in [0.15, 0.2) is 30.7 Å². The summed E-state index contributed by atoms with van der Waals surface area (Å²) in [6.07, 6.45) is -1.26. The number of hydrogen-bond donors (Lipinski definition) is 1. The number of rotatable bonds is 7. The van der Waals surface area contributed by atoms with Gasteiger partial charge in [0.25, 0.3) is 0 Å². The Hall–Kier alpha value is -3.90. The van der Waals surface area contributed by atoms with Crippen LogP contribution in [0.5, 0.6) is 5.75 Å². The van der Waals surface area contributed by atoms with Gasteiger partial charge in [-0.15, -0.1) is 13.2 Å². The Labute approximate surface area is 199 Å². The molecule has 35 heavy (non-hydrogen) atoms.